The third kappa shape index (κ3) is 3.03. The average molecular weight is 227 g/mol. The maximum absolute atomic E-state index is 5.54. The molecule has 0 radical (unpaired) electrons. The molecule has 2 nitrogen and oxygen atoms in total. The summed E-state index contributed by atoms with van der Waals surface area (Å²) in [6.45, 7) is 7.45. The van der Waals surface area contributed by atoms with Crippen LogP contribution in [0.3, 0.4) is 0 Å². The van der Waals surface area contributed by atoms with E-state index in [9.17, 15) is 0 Å². The summed E-state index contributed by atoms with van der Waals surface area (Å²) in [4.78, 5) is 1.39. The minimum absolute atomic E-state index is 0.262. The Morgan fingerprint density at radius 3 is 2.60 bits per heavy atom. The second-order valence-corrected chi connectivity index (χ2v) is 4.77. The molecule has 1 rings (SSSR count). The Hall–Kier alpha value is -0.380. The van der Waals surface area contributed by atoms with Gasteiger partial charge in [0.25, 0.3) is 0 Å². The van der Waals surface area contributed by atoms with Gasteiger partial charge in [0.05, 0.1) is 12.1 Å². The zero-order chi connectivity index (χ0) is 11.3. The Bertz CT molecular complexity index is 281. The Labute approximate surface area is 96.7 Å². The summed E-state index contributed by atoms with van der Waals surface area (Å²) in [5.41, 5.74) is 1.38. The molecule has 3 heteroatoms. The van der Waals surface area contributed by atoms with Gasteiger partial charge in [0, 0.05) is 12.0 Å². The summed E-state index contributed by atoms with van der Waals surface area (Å²) in [7, 11) is 1.79. The van der Waals surface area contributed by atoms with Crippen molar-refractivity contribution in [3.63, 3.8) is 0 Å². The number of likely N-dealkylation sites (N-methyl/N-ethyl adjacent to an activating group) is 1. The van der Waals surface area contributed by atoms with Crippen LogP contribution < -0.4 is 5.32 Å². The maximum Gasteiger partial charge on any atom is 0.0763 e. The number of aryl methyl sites for hydroxylation is 1. The molecule has 0 aromatic carbocycles. The van der Waals surface area contributed by atoms with Gasteiger partial charge in [-0.15, -0.1) is 11.3 Å². The van der Waals surface area contributed by atoms with Crippen molar-refractivity contribution in [2.75, 3.05) is 13.7 Å². The summed E-state index contributed by atoms with van der Waals surface area (Å²) < 4.78 is 5.54. The number of nitrogens with one attached hydrogen (secondary N) is 1. The average Bonchev–Trinajstić information content (AvgIpc) is 2.65. The predicted octanol–water partition coefficient (Wildman–Crippen LogP) is 3.13. The van der Waals surface area contributed by atoms with Gasteiger partial charge < -0.3 is 10.1 Å². The normalized spacial score (nSPS) is 15.2. The van der Waals surface area contributed by atoms with Crippen LogP contribution in [0.5, 0.6) is 0 Å². The lowest BCUT2D eigenvalue weighted by molar-refractivity contribution is 0.0655. The molecule has 1 heterocycles. The second kappa shape index (κ2) is 6.26. The highest BCUT2D eigenvalue weighted by molar-refractivity contribution is 7.10. The zero-order valence-corrected chi connectivity index (χ0v) is 10.9. The van der Waals surface area contributed by atoms with Gasteiger partial charge in [0.15, 0.2) is 0 Å². The maximum atomic E-state index is 5.54. The smallest absolute Gasteiger partial charge is 0.0763 e. The molecule has 2 atom stereocenters. The zero-order valence-electron chi connectivity index (χ0n) is 10.0. The van der Waals surface area contributed by atoms with E-state index in [4.69, 9.17) is 4.74 Å². The number of ether oxygens (including phenoxy) is 1. The number of thiophene rings is 1. The first kappa shape index (κ1) is 12.7. The Balaban J connectivity index is 2.86. The third-order valence-corrected chi connectivity index (χ3v) is 3.60. The summed E-state index contributed by atoms with van der Waals surface area (Å²) in [5.74, 6) is 0. The van der Waals surface area contributed by atoms with E-state index < -0.39 is 0 Å². The van der Waals surface area contributed by atoms with Gasteiger partial charge in [-0.1, -0.05) is 13.8 Å². The minimum atomic E-state index is 0.262. The molecule has 1 aromatic heterocycles. The summed E-state index contributed by atoms with van der Waals surface area (Å²) in [5, 5.41) is 5.66. The van der Waals surface area contributed by atoms with E-state index in [1.54, 1.807) is 18.4 Å². The van der Waals surface area contributed by atoms with Crippen molar-refractivity contribution >= 4 is 11.3 Å². The van der Waals surface area contributed by atoms with Crippen LogP contribution in [-0.2, 0) is 4.74 Å². The lowest BCUT2D eigenvalue weighted by Gasteiger charge is -2.26. The van der Waals surface area contributed by atoms with Gasteiger partial charge in [-0.05, 0) is 36.9 Å². The van der Waals surface area contributed by atoms with Crippen LogP contribution in [-0.4, -0.2) is 19.8 Å². The van der Waals surface area contributed by atoms with E-state index in [2.05, 4.69) is 37.5 Å². The van der Waals surface area contributed by atoms with Crippen molar-refractivity contribution in [1.82, 2.24) is 5.32 Å². The van der Waals surface area contributed by atoms with Crippen LogP contribution in [0.25, 0.3) is 0 Å². The molecular weight excluding hydrogens is 206 g/mol. The quantitative estimate of drug-likeness (QED) is 0.806. The number of hydrogen-bond acceptors (Lipinski definition) is 3. The molecule has 0 saturated heterocycles. The number of rotatable bonds is 6. The molecule has 1 aromatic rings. The van der Waals surface area contributed by atoms with Crippen LogP contribution in [0.1, 0.15) is 36.8 Å². The summed E-state index contributed by atoms with van der Waals surface area (Å²) in [6, 6.07) is 2.53. The molecule has 15 heavy (non-hydrogen) atoms. The van der Waals surface area contributed by atoms with Crippen molar-refractivity contribution in [1.29, 1.82) is 0 Å². The van der Waals surface area contributed by atoms with E-state index in [0.29, 0.717) is 6.04 Å². The topological polar surface area (TPSA) is 21.3 Å². The molecule has 1 N–H and O–H groups in total. The van der Waals surface area contributed by atoms with Crippen LogP contribution in [0.15, 0.2) is 11.4 Å². The van der Waals surface area contributed by atoms with Crippen molar-refractivity contribution in [2.24, 2.45) is 0 Å². The molecule has 0 aliphatic heterocycles. The van der Waals surface area contributed by atoms with Crippen molar-refractivity contribution in [2.45, 2.75) is 39.3 Å². The molecule has 0 amide bonds. The van der Waals surface area contributed by atoms with Crippen molar-refractivity contribution in [3.8, 4) is 0 Å². The van der Waals surface area contributed by atoms with E-state index in [-0.39, 0.29) is 6.10 Å². The summed E-state index contributed by atoms with van der Waals surface area (Å²) >= 11 is 1.80. The number of hydrogen-bond donors (Lipinski definition) is 1. The summed E-state index contributed by atoms with van der Waals surface area (Å²) in [6.07, 6.45) is 1.29. The fraction of sp³-hybridized carbons (Fsp3) is 0.667. The van der Waals surface area contributed by atoms with Crippen LogP contribution in [0, 0.1) is 6.92 Å². The highest BCUT2D eigenvalue weighted by atomic mass is 32.1. The Morgan fingerprint density at radius 1 is 1.47 bits per heavy atom. The van der Waals surface area contributed by atoms with Crippen LogP contribution >= 0.6 is 11.3 Å². The molecule has 0 aliphatic rings. The van der Waals surface area contributed by atoms with E-state index in [1.807, 2.05) is 0 Å². The Kier molecular flexibility index (Phi) is 5.29. The first-order valence-electron chi connectivity index (χ1n) is 5.54. The molecule has 0 spiro atoms. The van der Waals surface area contributed by atoms with Gasteiger partial charge >= 0.3 is 0 Å². The monoisotopic (exact) mass is 227 g/mol. The molecular formula is C12H21NOS. The van der Waals surface area contributed by atoms with E-state index in [0.717, 1.165) is 13.0 Å². The highest BCUT2D eigenvalue weighted by Crippen LogP contribution is 2.27. The van der Waals surface area contributed by atoms with Crippen molar-refractivity contribution < 1.29 is 4.74 Å². The third-order valence-electron chi connectivity index (χ3n) is 2.73. The van der Waals surface area contributed by atoms with Gasteiger partial charge in [0.2, 0.25) is 0 Å². The largest absolute Gasteiger partial charge is 0.379 e. The SMILES string of the molecule is CCNC(c1ccsc1C)C(CC)OC. The standard InChI is InChI=1S/C12H21NOS/c1-5-11(14-4)12(13-6-2)10-7-8-15-9(10)3/h7-8,11-13H,5-6H2,1-4H3. The van der Waals surface area contributed by atoms with Crippen molar-refractivity contribution in [3.05, 3.63) is 21.9 Å². The van der Waals surface area contributed by atoms with Gasteiger partial charge in [-0.25, -0.2) is 0 Å². The van der Waals surface area contributed by atoms with Crippen LogP contribution in [0.2, 0.25) is 0 Å². The first-order valence-corrected chi connectivity index (χ1v) is 6.42. The molecule has 0 aliphatic carbocycles. The second-order valence-electron chi connectivity index (χ2n) is 3.65. The van der Waals surface area contributed by atoms with E-state index in [1.165, 1.54) is 10.4 Å². The minimum Gasteiger partial charge on any atom is -0.379 e. The molecule has 86 valence electrons. The van der Waals surface area contributed by atoms with E-state index >= 15 is 0 Å². The van der Waals surface area contributed by atoms with Gasteiger partial charge in [0.1, 0.15) is 0 Å². The van der Waals surface area contributed by atoms with Crippen LogP contribution in [0.4, 0.5) is 0 Å². The van der Waals surface area contributed by atoms with Gasteiger partial charge in [-0.2, -0.15) is 0 Å². The highest BCUT2D eigenvalue weighted by Gasteiger charge is 2.22. The first-order chi connectivity index (χ1) is 7.24. The lowest BCUT2D eigenvalue weighted by Crippen LogP contribution is -2.33. The number of methoxy groups -OCH3 is 1. The lowest BCUT2D eigenvalue weighted by atomic mass is 10.0. The molecule has 2 unspecified atom stereocenters. The van der Waals surface area contributed by atoms with Gasteiger partial charge in [-0.3, -0.25) is 0 Å². The molecule has 0 fully saturated rings. The predicted molar refractivity (Wildman–Crippen MR) is 66.6 cm³/mol. The Morgan fingerprint density at radius 2 is 2.20 bits per heavy atom. The fourth-order valence-corrected chi connectivity index (χ4v) is 2.67. The molecule has 0 bridgehead atoms. The molecule has 0 saturated carbocycles. The fourth-order valence-electron chi connectivity index (χ4n) is 1.92.